The van der Waals surface area contributed by atoms with Crippen molar-refractivity contribution >= 4 is 23.2 Å². The third kappa shape index (κ3) is 4.30. The smallest absolute Gasteiger partial charge is 0.255 e. The molecule has 0 bridgehead atoms. The molecule has 1 aromatic heterocycles. The number of carbonyl (C=O) groups excluding carboxylic acids is 1. The van der Waals surface area contributed by atoms with Crippen LogP contribution in [0.2, 0.25) is 0 Å². The summed E-state index contributed by atoms with van der Waals surface area (Å²) in [5, 5.41) is 6.34. The van der Waals surface area contributed by atoms with Crippen LogP contribution < -0.4 is 21.3 Å². The van der Waals surface area contributed by atoms with Crippen LogP contribution in [0, 0.1) is 11.8 Å². The van der Waals surface area contributed by atoms with E-state index < -0.39 is 0 Å². The number of anilines is 3. The fourth-order valence-corrected chi connectivity index (χ4v) is 4.15. The molecule has 6 heteroatoms. The van der Waals surface area contributed by atoms with Gasteiger partial charge in [-0.25, -0.2) is 4.98 Å². The molecule has 3 aliphatic carbocycles. The first-order valence-electron chi connectivity index (χ1n) is 10.6. The first-order valence-corrected chi connectivity index (χ1v) is 10.6. The molecule has 0 aromatic carbocycles. The molecule has 0 atom stereocenters. The first kappa shape index (κ1) is 18.4. The molecule has 0 unspecified atom stereocenters. The zero-order valence-corrected chi connectivity index (χ0v) is 16.6. The fraction of sp³-hybridized carbons (Fsp3) is 0.714. The molecule has 148 valence electrons. The summed E-state index contributed by atoms with van der Waals surface area (Å²) in [6.07, 6.45) is 9.46. The van der Waals surface area contributed by atoms with Crippen molar-refractivity contribution in [1.82, 2.24) is 10.3 Å². The van der Waals surface area contributed by atoms with Crippen molar-refractivity contribution in [3.63, 3.8) is 0 Å². The quantitative estimate of drug-likeness (QED) is 0.684. The van der Waals surface area contributed by atoms with Crippen LogP contribution in [0.4, 0.5) is 17.3 Å². The van der Waals surface area contributed by atoms with Crippen LogP contribution in [0.1, 0.15) is 68.6 Å². The summed E-state index contributed by atoms with van der Waals surface area (Å²) in [6, 6.07) is 2.61. The lowest BCUT2D eigenvalue weighted by atomic mass is 9.87. The molecule has 1 heterocycles. The van der Waals surface area contributed by atoms with Gasteiger partial charge >= 0.3 is 0 Å². The summed E-state index contributed by atoms with van der Waals surface area (Å²) in [5.41, 5.74) is 7.34. The second-order valence-electron chi connectivity index (χ2n) is 8.80. The van der Waals surface area contributed by atoms with Gasteiger partial charge in [0, 0.05) is 25.7 Å². The Balaban J connectivity index is 1.59. The average Bonchev–Trinajstić information content (AvgIpc) is 3.55. The summed E-state index contributed by atoms with van der Waals surface area (Å²) < 4.78 is 0. The van der Waals surface area contributed by atoms with E-state index >= 15 is 0 Å². The van der Waals surface area contributed by atoms with Crippen molar-refractivity contribution in [2.75, 3.05) is 29.5 Å². The largest absolute Gasteiger partial charge is 0.396 e. The van der Waals surface area contributed by atoms with E-state index in [-0.39, 0.29) is 11.9 Å². The second-order valence-corrected chi connectivity index (χ2v) is 8.80. The van der Waals surface area contributed by atoms with E-state index in [0.29, 0.717) is 23.1 Å². The zero-order valence-electron chi connectivity index (χ0n) is 16.6. The minimum Gasteiger partial charge on any atom is -0.396 e. The lowest BCUT2D eigenvalue weighted by Gasteiger charge is -2.29. The number of nitrogens with one attached hydrogen (secondary N) is 2. The lowest BCUT2D eigenvalue weighted by Crippen LogP contribution is -2.39. The SMILES string of the molecule is CNc1nc(N(CC2CC2)C2CC2)c(C(=O)N[C@H]2CC[C@H](C)CC2)cc1N. The standard InChI is InChI=1S/C21H33N5O/c1-13-3-7-15(8-4-13)24-21(27)17-11-18(22)19(23-2)25-20(17)26(16-9-10-16)12-14-5-6-14/h11,13-16H,3-10,12,22H2,1-2H3,(H,23,25)(H,24,27)/t13-,15-. The minimum atomic E-state index is -0.0205. The number of nitrogens with two attached hydrogens (primary N) is 1. The van der Waals surface area contributed by atoms with Gasteiger partial charge in [-0.3, -0.25) is 4.79 Å². The topological polar surface area (TPSA) is 83.3 Å². The van der Waals surface area contributed by atoms with Crippen LogP contribution in [0.3, 0.4) is 0 Å². The van der Waals surface area contributed by atoms with Gasteiger partial charge in [-0.15, -0.1) is 0 Å². The molecule has 4 rings (SSSR count). The summed E-state index contributed by atoms with van der Waals surface area (Å²) >= 11 is 0. The number of rotatable bonds is 7. The van der Waals surface area contributed by atoms with Gasteiger partial charge in [0.2, 0.25) is 0 Å². The van der Waals surface area contributed by atoms with E-state index in [0.717, 1.165) is 37.0 Å². The fourth-order valence-electron chi connectivity index (χ4n) is 4.15. The van der Waals surface area contributed by atoms with Crippen LogP contribution in [0.15, 0.2) is 6.07 Å². The van der Waals surface area contributed by atoms with Gasteiger partial charge in [-0.05, 0) is 69.3 Å². The number of carbonyl (C=O) groups is 1. The van der Waals surface area contributed by atoms with Gasteiger partial charge in [0.05, 0.1) is 11.3 Å². The van der Waals surface area contributed by atoms with Crippen LogP contribution in [0.5, 0.6) is 0 Å². The van der Waals surface area contributed by atoms with Crippen LogP contribution in [0.25, 0.3) is 0 Å². The molecule has 4 N–H and O–H groups in total. The maximum atomic E-state index is 13.2. The molecule has 1 aromatic rings. The Morgan fingerprint density at radius 3 is 2.48 bits per heavy atom. The highest BCUT2D eigenvalue weighted by Crippen LogP contribution is 2.39. The highest BCUT2D eigenvalue weighted by atomic mass is 16.1. The third-order valence-corrected chi connectivity index (χ3v) is 6.28. The summed E-state index contributed by atoms with van der Waals surface area (Å²) in [7, 11) is 1.83. The molecule has 0 spiro atoms. The molecule has 0 saturated heterocycles. The molecule has 3 aliphatic rings. The molecule has 3 fully saturated rings. The van der Waals surface area contributed by atoms with E-state index in [4.69, 9.17) is 10.7 Å². The van der Waals surface area contributed by atoms with E-state index in [2.05, 4.69) is 22.5 Å². The molecule has 6 nitrogen and oxygen atoms in total. The van der Waals surface area contributed by atoms with Crippen molar-refractivity contribution in [2.24, 2.45) is 11.8 Å². The molecule has 0 aliphatic heterocycles. The Morgan fingerprint density at radius 1 is 1.19 bits per heavy atom. The molecule has 0 radical (unpaired) electrons. The van der Waals surface area contributed by atoms with E-state index in [1.54, 1.807) is 0 Å². The van der Waals surface area contributed by atoms with Crippen LogP contribution in [-0.2, 0) is 0 Å². The highest BCUT2D eigenvalue weighted by molar-refractivity contribution is 6.01. The van der Waals surface area contributed by atoms with E-state index in [9.17, 15) is 4.79 Å². The van der Waals surface area contributed by atoms with Crippen molar-refractivity contribution in [1.29, 1.82) is 0 Å². The highest BCUT2D eigenvalue weighted by Gasteiger charge is 2.37. The van der Waals surface area contributed by atoms with Gasteiger partial charge in [0.15, 0.2) is 5.82 Å². The van der Waals surface area contributed by atoms with Crippen molar-refractivity contribution < 1.29 is 4.79 Å². The lowest BCUT2D eigenvalue weighted by molar-refractivity contribution is 0.0923. The van der Waals surface area contributed by atoms with Crippen molar-refractivity contribution in [3.8, 4) is 0 Å². The predicted molar refractivity (Wildman–Crippen MR) is 110 cm³/mol. The average molecular weight is 372 g/mol. The molecule has 3 saturated carbocycles. The van der Waals surface area contributed by atoms with Gasteiger partial charge in [0.25, 0.3) is 5.91 Å². The van der Waals surface area contributed by atoms with Gasteiger partial charge in [-0.2, -0.15) is 0 Å². The summed E-state index contributed by atoms with van der Waals surface area (Å²) in [4.78, 5) is 20.3. The Labute approximate surface area is 162 Å². The Bertz CT molecular complexity index is 690. The monoisotopic (exact) mass is 371 g/mol. The van der Waals surface area contributed by atoms with E-state index in [1.165, 1.54) is 38.5 Å². The minimum absolute atomic E-state index is 0.0205. The zero-order chi connectivity index (χ0) is 19.0. The molecule has 27 heavy (non-hydrogen) atoms. The van der Waals surface area contributed by atoms with Gasteiger partial charge < -0.3 is 21.3 Å². The number of hydrogen-bond acceptors (Lipinski definition) is 5. The second kappa shape index (κ2) is 7.56. The molecule has 1 amide bonds. The number of nitrogens with zero attached hydrogens (tertiary/aromatic N) is 2. The van der Waals surface area contributed by atoms with Gasteiger partial charge in [-0.1, -0.05) is 6.92 Å². The number of pyridine rings is 1. The van der Waals surface area contributed by atoms with Crippen LogP contribution in [-0.4, -0.2) is 36.6 Å². The molecular formula is C21H33N5O. The molecular weight excluding hydrogens is 338 g/mol. The maximum absolute atomic E-state index is 13.2. The Morgan fingerprint density at radius 2 is 1.89 bits per heavy atom. The Kier molecular flexibility index (Phi) is 5.15. The summed E-state index contributed by atoms with van der Waals surface area (Å²) in [5.74, 6) is 2.97. The van der Waals surface area contributed by atoms with Crippen molar-refractivity contribution in [2.45, 2.75) is 70.4 Å². The van der Waals surface area contributed by atoms with Crippen LogP contribution >= 0.6 is 0 Å². The number of aromatic nitrogens is 1. The first-order chi connectivity index (χ1) is 13.0. The van der Waals surface area contributed by atoms with Crippen molar-refractivity contribution in [3.05, 3.63) is 11.6 Å². The number of nitrogen functional groups attached to an aromatic ring is 1. The van der Waals surface area contributed by atoms with E-state index in [1.807, 2.05) is 13.1 Å². The number of amides is 1. The maximum Gasteiger partial charge on any atom is 0.255 e. The summed E-state index contributed by atoms with van der Waals surface area (Å²) in [6.45, 7) is 3.30. The number of hydrogen-bond donors (Lipinski definition) is 3. The Hall–Kier alpha value is -1.98. The third-order valence-electron chi connectivity index (χ3n) is 6.28. The predicted octanol–water partition coefficient (Wildman–Crippen LogP) is 3.39. The normalized spacial score (nSPS) is 25.1. The van der Waals surface area contributed by atoms with Gasteiger partial charge in [0.1, 0.15) is 5.82 Å².